The van der Waals surface area contributed by atoms with Crippen LogP contribution in [0.4, 0.5) is 0 Å². The SMILES string of the molecule is CNCc1nnc(SC)s1. The molecule has 1 aromatic rings. The molecule has 10 heavy (non-hydrogen) atoms. The van der Waals surface area contributed by atoms with Crippen LogP contribution in [0.15, 0.2) is 4.34 Å². The van der Waals surface area contributed by atoms with Crippen LogP contribution in [0.1, 0.15) is 5.01 Å². The molecule has 0 saturated carbocycles. The highest BCUT2D eigenvalue weighted by Gasteiger charge is 1.99. The molecule has 0 saturated heterocycles. The first kappa shape index (κ1) is 7.97. The summed E-state index contributed by atoms with van der Waals surface area (Å²) in [6.07, 6.45) is 2.00. The molecule has 0 amide bonds. The fraction of sp³-hybridized carbons (Fsp3) is 0.600. The molecule has 0 fully saturated rings. The molecular formula is C5H9N3S2. The van der Waals surface area contributed by atoms with E-state index in [-0.39, 0.29) is 0 Å². The molecule has 1 rings (SSSR count). The van der Waals surface area contributed by atoms with Crippen molar-refractivity contribution in [3.8, 4) is 0 Å². The lowest BCUT2D eigenvalue weighted by molar-refractivity contribution is 0.790. The summed E-state index contributed by atoms with van der Waals surface area (Å²) in [7, 11) is 1.90. The van der Waals surface area contributed by atoms with Gasteiger partial charge in [0, 0.05) is 6.54 Å². The fourth-order valence-corrected chi connectivity index (χ4v) is 1.87. The predicted octanol–water partition coefficient (Wildman–Crippen LogP) is 0.979. The Hall–Kier alpha value is -0.130. The molecule has 1 heterocycles. The summed E-state index contributed by atoms with van der Waals surface area (Å²) in [5.74, 6) is 0. The average molecular weight is 175 g/mol. The smallest absolute Gasteiger partial charge is 0.174 e. The molecule has 5 heteroatoms. The van der Waals surface area contributed by atoms with Crippen molar-refractivity contribution in [2.24, 2.45) is 0 Å². The normalized spacial score (nSPS) is 10.2. The third-order valence-electron chi connectivity index (χ3n) is 0.951. The van der Waals surface area contributed by atoms with Crippen LogP contribution < -0.4 is 5.32 Å². The van der Waals surface area contributed by atoms with E-state index in [4.69, 9.17) is 0 Å². The molecule has 0 unspecified atom stereocenters. The number of thioether (sulfide) groups is 1. The first-order chi connectivity index (χ1) is 4.86. The van der Waals surface area contributed by atoms with Gasteiger partial charge >= 0.3 is 0 Å². The number of aromatic nitrogens is 2. The zero-order valence-electron chi connectivity index (χ0n) is 5.92. The van der Waals surface area contributed by atoms with Gasteiger partial charge in [-0.15, -0.1) is 10.2 Å². The summed E-state index contributed by atoms with van der Waals surface area (Å²) < 4.78 is 1.03. The van der Waals surface area contributed by atoms with E-state index in [0.29, 0.717) is 0 Å². The van der Waals surface area contributed by atoms with Crippen molar-refractivity contribution in [3.05, 3.63) is 5.01 Å². The Kier molecular flexibility index (Phi) is 3.11. The van der Waals surface area contributed by atoms with Crippen LogP contribution in [0.3, 0.4) is 0 Å². The minimum Gasteiger partial charge on any atom is -0.313 e. The maximum atomic E-state index is 3.96. The Morgan fingerprint density at radius 1 is 1.60 bits per heavy atom. The summed E-state index contributed by atoms with van der Waals surface area (Å²) >= 11 is 3.27. The lowest BCUT2D eigenvalue weighted by Gasteiger charge is -1.87. The molecule has 1 N–H and O–H groups in total. The summed E-state index contributed by atoms with van der Waals surface area (Å²) in [5, 5.41) is 12.0. The van der Waals surface area contributed by atoms with E-state index >= 15 is 0 Å². The van der Waals surface area contributed by atoms with Crippen molar-refractivity contribution in [1.29, 1.82) is 0 Å². The Labute approximate surface area is 68.2 Å². The van der Waals surface area contributed by atoms with E-state index in [2.05, 4.69) is 15.5 Å². The molecule has 56 valence electrons. The predicted molar refractivity (Wildman–Crippen MR) is 44.5 cm³/mol. The van der Waals surface area contributed by atoms with Crippen molar-refractivity contribution in [2.75, 3.05) is 13.3 Å². The first-order valence-electron chi connectivity index (χ1n) is 2.87. The molecule has 0 aliphatic rings. The Morgan fingerprint density at radius 3 is 2.90 bits per heavy atom. The van der Waals surface area contributed by atoms with Crippen LogP contribution in [-0.4, -0.2) is 23.5 Å². The van der Waals surface area contributed by atoms with Gasteiger partial charge in [0.15, 0.2) is 4.34 Å². The van der Waals surface area contributed by atoms with E-state index < -0.39 is 0 Å². The third-order valence-corrected chi connectivity index (χ3v) is 2.85. The highest BCUT2D eigenvalue weighted by atomic mass is 32.2. The van der Waals surface area contributed by atoms with Gasteiger partial charge in [-0.2, -0.15) is 0 Å². The Morgan fingerprint density at radius 2 is 2.40 bits per heavy atom. The third kappa shape index (κ3) is 1.93. The van der Waals surface area contributed by atoms with E-state index in [9.17, 15) is 0 Å². The zero-order chi connectivity index (χ0) is 7.40. The molecule has 3 nitrogen and oxygen atoms in total. The first-order valence-corrected chi connectivity index (χ1v) is 4.92. The molecule has 0 radical (unpaired) electrons. The van der Waals surface area contributed by atoms with E-state index in [1.807, 2.05) is 13.3 Å². The molecule has 1 aromatic heterocycles. The van der Waals surface area contributed by atoms with Gasteiger partial charge in [-0.3, -0.25) is 0 Å². The van der Waals surface area contributed by atoms with Crippen molar-refractivity contribution >= 4 is 23.1 Å². The van der Waals surface area contributed by atoms with Crippen molar-refractivity contribution in [3.63, 3.8) is 0 Å². The molecule has 0 aliphatic carbocycles. The number of hydrogen-bond acceptors (Lipinski definition) is 5. The fourth-order valence-electron chi connectivity index (χ4n) is 0.543. The molecule has 0 aliphatic heterocycles. The van der Waals surface area contributed by atoms with Gasteiger partial charge in [-0.1, -0.05) is 23.1 Å². The minimum absolute atomic E-state index is 0.818. The topological polar surface area (TPSA) is 37.8 Å². The van der Waals surface area contributed by atoms with E-state index in [1.165, 1.54) is 0 Å². The highest BCUT2D eigenvalue weighted by molar-refractivity contribution is 8.00. The molecule has 0 spiro atoms. The summed E-state index contributed by atoms with van der Waals surface area (Å²) in [4.78, 5) is 0. The van der Waals surface area contributed by atoms with Gasteiger partial charge in [-0.25, -0.2) is 0 Å². The Balaban J connectivity index is 2.59. The van der Waals surface area contributed by atoms with Crippen LogP contribution in [0.5, 0.6) is 0 Å². The number of hydrogen-bond donors (Lipinski definition) is 1. The standard InChI is InChI=1S/C5H9N3S2/c1-6-3-4-7-8-5(9-2)10-4/h6H,3H2,1-2H3. The maximum Gasteiger partial charge on any atom is 0.174 e. The van der Waals surface area contributed by atoms with E-state index in [0.717, 1.165) is 15.9 Å². The number of nitrogens with zero attached hydrogens (tertiary/aromatic N) is 2. The van der Waals surface area contributed by atoms with Crippen LogP contribution >= 0.6 is 23.1 Å². The van der Waals surface area contributed by atoms with Crippen LogP contribution in [-0.2, 0) is 6.54 Å². The average Bonchev–Trinajstić information content (AvgIpc) is 2.37. The lowest BCUT2D eigenvalue weighted by Crippen LogP contribution is -2.04. The lowest BCUT2D eigenvalue weighted by atomic mass is 10.7. The van der Waals surface area contributed by atoms with Gasteiger partial charge in [0.25, 0.3) is 0 Å². The van der Waals surface area contributed by atoms with Crippen LogP contribution in [0.25, 0.3) is 0 Å². The second kappa shape index (κ2) is 3.90. The second-order valence-corrected chi connectivity index (χ2v) is 3.81. The molecule has 0 aromatic carbocycles. The van der Waals surface area contributed by atoms with Gasteiger partial charge in [0.1, 0.15) is 5.01 Å². The number of rotatable bonds is 3. The Bertz CT molecular complexity index is 199. The minimum atomic E-state index is 0.818. The van der Waals surface area contributed by atoms with Crippen molar-refractivity contribution in [1.82, 2.24) is 15.5 Å². The largest absolute Gasteiger partial charge is 0.313 e. The van der Waals surface area contributed by atoms with Crippen molar-refractivity contribution in [2.45, 2.75) is 10.9 Å². The second-order valence-electron chi connectivity index (χ2n) is 1.70. The quantitative estimate of drug-likeness (QED) is 0.695. The van der Waals surface area contributed by atoms with Crippen LogP contribution in [0, 0.1) is 0 Å². The molecule has 0 bridgehead atoms. The van der Waals surface area contributed by atoms with E-state index in [1.54, 1.807) is 23.1 Å². The summed E-state index contributed by atoms with van der Waals surface area (Å²) in [6.45, 7) is 0.818. The van der Waals surface area contributed by atoms with Gasteiger partial charge < -0.3 is 5.32 Å². The molecule has 0 atom stereocenters. The highest BCUT2D eigenvalue weighted by Crippen LogP contribution is 2.18. The van der Waals surface area contributed by atoms with Gasteiger partial charge in [0.05, 0.1) is 0 Å². The monoisotopic (exact) mass is 175 g/mol. The summed E-state index contributed by atoms with van der Waals surface area (Å²) in [5.41, 5.74) is 0. The van der Waals surface area contributed by atoms with Gasteiger partial charge in [0.2, 0.25) is 0 Å². The van der Waals surface area contributed by atoms with Crippen molar-refractivity contribution < 1.29 is 0 Å². The van der Waals surface area contributed by atoms with Crippen LogP contribution in [0.2, 0.25) is 0 Å². The maximum absolute atomic E-state index is 3.96. The number of nitrogens with one attached hydrogen (secondary N) is 1. The molecular weight excluding hydrogens is 166 g/mol. The summed E-state index contributed by atoms with van der Waals surface area (Å²) in [6, 6.07) is 0. The van der Waals surface area contributed by atoms with Gasteiger partial charge in [-0.05, 0) is 13.3 Å². The zero-order valence-corrected chi connectivity index (χ0v) is 7.55.